The van der Waals surface area contributed by atoms with Crippen LogP contribution < -0.4 is 10.2 Å². The number of hydrogen-bond donors (Lipinski definition) is 1. The van der Waals surface area contributed by atoms with E-state index in [1.807, 2.05) is 32.0 Å². The summed E-state index contributed by atoms with van der Waals surface area (Å²) in [6, 6.07) is 5.62. The molecule has 2 aromatic rings. The molecule has 2 aromatic heterocycles. The number of nitrogens with zero attached hydrogens (tertiary/aromatic N) is 5. The van der Waals surface area contributed by atoms with E-state index in [0.717, 1.165) is 15.8 Å². The average Bonchev–Trinajstić information content (AvgIpc) is 3.11. The van der Waals surface area contributed by atoms with Crippen molar-refractivity contribution in [3.63, 3.8) is 0 Å². The molecular weight excluding hydrogens is 340 g/mol. The zero-order valence-electron chi connectivity index (χ0n) is 14.2. The van der Waals surface area contributed by atoms with Crippen molar-refractivity contribution in [3.05, 3.63) is 24.4 Å². The summed E-state index contributed by atoms with van der Waals surface area (Å²) in [6.45, 7) is 5.89. The van der Waals surface area contributed by atoms with Crippen LogP contribution in [0, 0.1) is 0 Å². The van der Waals surface area contributed by atoms with Crippen LogP contribution in [-0.4, -0.2) is 64.1 Å². The van der Waals surface area contributed by atoms with Gasteiger partial charge in [-0.3, -0.25) is 14.6 Å². The number of anilines is 1. The van der Waals surface area contributed by atoms with Crippen molar-refractivity contribution in [3.8, 4) is 10.7 Å². The second kappa shape index (κ2) is 7.56. The Balaban J connectivity index is 1.59. The van der Waals surface area contributed by atoms with E-state index in [1.54, 1.807) is 11.1 Å². The number of carbonyl (C=O) groups excluding carboxylic acids is 2. The topological polar surface area (TPSA) is 91.3 Å². The number of rotatable bonds is 3. The van der Waals surface area contributed by atoms with Crippen LogP contribution in [-0.2, 0) is 9.59 Å². The van der Waals surface area contributed by atoms with E-state index in [2.05, 4.69) is 25.4 Å². The van der Waals surface area contributed by atoms with E-state index < -0.39 is 11.8 Å². The monoisotopic (exact) mass is 360 g/mol. The fraction of sp³-hybridized carbons (Fsp3) is 0.438. The van der Waals surface area contributed by atoms with Crippen LogP contribution in [0.3, 0.4) is 0 Å². The third kappa shape index (κ3) is 4.11. The quantitative estimate of drug-likeness (QED) is 0.813. The Bertz CT molecular complexity index is 740. The molecule has 0 radical (unpaired) electrons. The number of piperazine rings is 1. The maximum absolute atomic E-state index is 12.1. The van der Waals surface area contributed by atoms with Gasteiger partial charge in [-0.25, -0.2) is 0 Å². The second-order valence-corrected chi connectivity index (χ2v) is 6.97. The summed E-state index contributed by atoms with van der Waals surface area (Å²) in [5.74, 6) is -1.02. The summed E-state index contributed by atoms with van der Waals surface area (Å²) < 4.78 is 0. The van der Waals surface area contributed by atoms with Crippen molar-refractivity contribution in [1.82, 2.24) is 25.4 Å². The highest BCUT2D eigenvalue weighted by Crippen LogP contribution is 2.27. The van der Waals surface area contributed by atoms with Gasteiger partial charge in [0.2, 0.25) is 5.13 Å². The van der Waals surface area contributed by atoms with E-state index in [0.29, 0.717) is 26.2 Å². The Hall–Kier alpha value is -2.55. The molecule has 9 heteroatoms. The molecule has 0 unspecified atom stereocenters. The van der Waals surface area contributed by atoms with Crippen LogP contribution in [0.15, 0.2) is 24.4 Å². The van der Waals surface area contributed by atoms with Crippen molar-refractivity contribution >= 4 is 28.3 Å². The molecule has 0 spiro atoms. The zero-order valence-corrected chi connectivity index (χ0v) is 15.0. The first-order chi connectivity index (χ1) is 12.0. The van der Waals surface area contributed by atoms with Crippen LogP contribution in [0.4, 0.5) is 5.13 Å². The van der Waals surface area contributed by atoms with Gasteiger partial charge in [-0.1, -0.05) is 17.4 Å². The van der Waals surface area contributed by atoms with Gasteiger partial charge >= 0.3 is 11.8 Å². The van der Waals surface area contributed by atoms with E-state index in [1.165, 1.54) is 11.3 Å². The third-order valence-electron chi connectivity index (χ3n) is 3.75. The summed E-state index contributed by atoms with van der Waals surface area (Å²) in [5, 5.41) is 12.6. The fourth-order valence-corrected chi connectivity index (χ4v) is 3.38. The first-order valence-corrected chi connectivity index (χ1v) is 8.96. The molecule has 25 heavy (non-hydrogen) atoms. The molecule has 1 aliphatic heterocycles. The second-order valence-electron chi connectivity index (χ2n) is 6.01. The van der Waals surface area contributed by atoms with E-state index in [-0.39, 0.29) is 6.04 Å². The number of nitrogens with one attached hydrogen (secondary N) is 1. The lowest BCUT2D eigenvalue weighted by Gasteiger charge is -2.33. The van der Waals surface area contributed by atoms with Crippen LogP contribution in [0.2, 0.25) is 0 Å². The zero-order chi connectivity index (χ0) is 17.8. The minimum Gasteiger partial charge on any atom is -0.346 e. The molecule has 1 aliphatic rings. The molecule has 0 aromatic carbocycles. The predicted octanol–water partition coefficient (Wildman–Crippen LogP) is 0.773. The molecule has 1 N–H and O–H groups in total. The SMILES string of the molecule is CC(C)NC(=O)C(=O)N1CCN(c2nnc(-c3ccccn3)s2)CC1. The van der Waals surface area contributed by atoms with Gasteiger partial charge in [-0.15, -0.1) is 10.2 Å². The van der Waals surface area contributed by atoms with Gasteiger partial charge in [-0.2, -0.15) is 0 Å². The standard InChI is InChI=1S/C16H20N6O2S/c1-11(2)18-13(23)15(24)21-7-9-22(10-8-21)16-20-19-14(25-16)12-5-3-4-6-17-12/h3-6,11H,7-10H2,1-2H3,(H,18,23). The smallest absolute Gasteiger partial charge is 0.312 e. The molecule has 132 valence electrons. The number of pyridine rings is 1. The van der Waals surface area contributed by atoms with Gasteiger partial charge in [-0.05, 0) is 26.0 Å². The largest absolute Gasteiger partial charge is 0.346 e. The number of aromatic nitrogens is 3. The summed E-state index contributed by atoms with van der Waals surface area (Å²) in [5.41, 5.74) is 0.797. The lowest BCUT2D eigenvalue weighted by atomic mass is 10.3. The minimum atomic E-state index is -0.545. The van der Waals surface area contributed by atoms with Gasteiger partial charge in [0.1, 0.15) is 5.69 Å². The summed E-state index contributed by atoms with van der Waals surface area (Å²) in [4.78, 5) is 31.9. The lowest BCUT2D eigenvalue weighted by Crippen LogP contribution is -2.53. The Morgan fingerprint density at radius 2 is 1.92 bits per heavy atom. The Morgan fingerprint density at radius 3 is 2.56 bits per heavy atom. The minimum absolute atomic E-state index is 0.0517. The summed E-state index contributed by atoms with van der Waals surface area (Å²) >= 11 is 1.48. The molecule has 8 nitrogen and oxygen atoms in total. The first-order valence-electron chi connectivity index (χ1n) is 8.14. The molecule has 0 atom stereocenters. The molecule has 3 rings (SSSR count). The Kier molecular flexibility index (Phi) is 5.22. The first kappa shape index (κ1) is 17.3. The van der Waals surface area contributed by atoms with E-state index in [9.17, 15) is 9.59 Å². The summed E-state index contributed by atoms with van der Waals surface area (Å²) in [6.07, 6.45) is 1.73. The number of hydrogen-bond acceptors (Lipinski definition) is 7. The van der Waals surface area contributed by atoms with E-state index in [4.69, 9.17) is 0 Å². The summed E-state index contributed by atoms with van der Waals surface area (Å²) in [7, 11) is 0. The number of amides is 2. The maximum atomic E-state index is 12.1. The molecule has 0 saturated carbocycles. The van der Waals surface area contributed by atoms with Crippen LogP contribution in [0.5, 0.6) is 0 Å². The van der Waals surface area contributed by atoms with Gasteiger partial charge in [0.05, 0.1) is 0 Å². The van der Waals surface area contributed by atoms with Gasteiger partial charge in [0.15, 0.2) is 5.01 Å². The normalized spacial score (nSPS) is 14.7. The molecule has 1 fully saturated rings. The Labute approximate surface area is 149 Å². The van der Waals surface area contributed by atoms with E-state index >= 15 is 0 Å². The van der Waals surface area contributed by atoms with Crippen molar-refractivity contribution in [1.29, 1.82) is 0 Å². The van der Waals surface area contributed by atoms with Gasteiger partial charge in [0, 0.05) is 38.4 Å². The van der Waals surface area contributed by atoms with Crippen molar-refractivity contribution in [2.24, 2.45) is 0 Å². The van der Waals surface area contributed by atoms with Crippen LogP contribution in [0.25, 0.3) is 10.7 Å². The fourth-order valence-electron chi connectivity index (χ4n) is 2.50. The predicted molar refractivity (Wildman–Crippen MR) is 95.2 cm³/mol. The molecule has 2 amide bonds. The molecule has 0 aliphatic carbocycles. The van der Waals surface area contributed by atoms with Gasteiger partial charge < -0.3 is 15.1 Å². The van der Waals surface area contributed by atoms with Crippen LogP contribution >= 0.6 is 11.3 Å². The van der Waals surface area contributed by atoms with Crippen LogP contribution in [0.1, 0.15) is 13.8 Å². The Morgan fingerprint density at radius 1 is 1.16 bits per heavy atom. The molecule has 0 bridgehead atoms. The van der Waals surface area contributed by atoms with Gasteiger partial charge in [0.25, 0.3) is 0 Å². The molecular formula is C16H20N6O2S. The van der Waals surface area contributed by atoms with Crippen molar-refractivity contribution < 1.29 is 9.59 Å². The molecule has 1 saturated heterocycles. The highest BCUT2D eigenvalue weighted by Gasteiger charge is 2.27. The average molecular weight is 360 g/mol. The maximum Gasteiger partial charge on any atom is 0.312 e. The van der Waals surface area contributed by atoms with Crippen molar-refractivity contribution in [2.75, 3.05) is 31.1 Å². The lowest BCUT2D eigenvalue weighted by molar-refractivity contribution is -0.146. The highest BCUT2D eigenvalue weighted by molar-refractivity contribution is 7.18. The third-order valence-corrected chi connectivity index (χ3v) is 4.76. The highest BCUT2D eigenvalue weighted by atomic mass is 32.1. The molecule has 3 heterocycles. The van der Waals surface area contributed by atoms with Crippen molar-refractivity contribution in [2.45, 2.75) is 19.9 Å². The number of carbonyl (C=O) groups is 2.